The lowest BCUT2D eigenvalue weighted by Gasteiger charge is -2.23. The Labute approximate surface area is 135 Å². The first kappa shape index (κ1) is 18.7. The average Bonchev–Trinajstić information content (AvgIpc) is 2.75. The van der Waals surface area contributed by atoms with Gasteiger partial charge in [0.2, 0.25) is 5.91 Å². The monoisotopic (exact) mass is 322 g/mol. The molecule has 0 unspecified atom stereocenters. The third-order valence-electron chi connectivity index (χ3n) is 3.73. The lowest BCUT2D eigenvalue weighted by atomic mass is 9.92. The summed E-state index contributed by atoms with van der Waals surface area (Å²) in [6.07, 6.45) is 2.23. The van der Waals surface area contributed by atoms with Crippen LogP contribution in [0.1, 0.15) is 34.1 Å². The van der Waals surface area contributed by atoms with Crippen LogP contribution in [0.15, 0.2) is 12.2 Å². The summed E-state index contributed by atoms with van der Waals surface area (Å²) < 4.78 is 0. The van der Waals surface area contributed by atoms with E-state index in [2.05, 4.69) is 5.32 Å². The van der Waals surface area contributed by atoms with Crippen molar-refractivity contribution in [3.05, 3.63) is 12.2 Å². The lowest BCUT2D eigenvalue weighted by molar-refractivity contribution is -0.141. The molecule has 0 spiro atoms. The minimum Gasteiger partial charge on any atom is -0.344 e. The highest BCUT2D eigenvalue weighted by atomic mass is 16.2. The Kier molecular flexibility index (Phi) is 6.36. The van der Waals surface area contributed by atoms with Gasteiger partial charge in [-0.1, -0.05) is 20.8 Å². The summed E-state index contributed by atoms with van der Waals surface area (Å²) in [7, 11) is 0. The number of hydrogen-bond donors (Lipinski definition) is 1. The third-order valence-corrected chi connectivity index (χ3v) is 3.73. The van der Waals surface area contributed by atoms with E-state index < -0.39 is 36.2 Å². The van der Waals surface area contributed by atoms with Gasteiger partial charge in [0.05, 0.1) is 6.04 Å². The number of ketones is 2. The summed E-state index contributed by atoms with van der Waals surface area (Å²) >= 11 is 0. The van der Waals surface area contributed by atoms with Gasteiger partial charge >= 0.3 is 0 Å². The van der Waals surface area contributed by atoms with Gasteiger partial charge in [0, 0.05) is 24.5 Å². The van der Waals surface area contributed by atoms with Crippen LogP contribution in [0, 0.1) is 11.8 Å². The van der Waals surface area contributed by atoms with Crippen LogP contribution in [-0.2, 0) is 24.0 Å². The van der Waals surface area contributed by atoms with Gasteiger partial charge in [0.1, 0.15) is 12.3 Å². The van der Waals surface area contributed by atoms with Crippen molar-refractivity contribution in [1.82, 2.24) is 10.2 Å². The fourth-order valence-corrected chi connectivity index (χ4v) is 2.14. The minimum atomic E-state index is -0.759. The molecule has 1 heterocycles. The molecule has 126 valence electrons. The molecule has 0 aliphatic carbocycles. The Morgan fingerprint density at radius 2 is 1.61 bits per heavy atom. The maximum atomic E-state index is 12.3. The molecule has 3 amide bonds. The van der Waals surface area contributed by atoms with Gasteiger partial charge in [-0.2, -0.15) is 0 Å². The van der Waals surface area contributed by atoms with Crippen molar-refractivity contribution < 1.29 is 24.0 Å². The zero-order chi connectivity index (χ0) is 17.7. The van der Waals surface area contributed by atoms with Crippen LogP contribution in [0.5, 0.6) is 0 Å². The van der Waals surface area contributed by atoms with Gasteiger partial charge in [-0.3, -0.25) is 28.9 Å². The average molecular weight is 322 g/mol. The van der Waals surface area contributed by atoms with Crippen molar-refractivity contribution in [2.45, 2.75) is 40.2 Å². The van der Waals surface area contributed by atoms with Crippen molar-refractivity contribution >= 4 is 29.3 Å². The zero-order valence-electron chi connectivity index (χ0n) is 13.8. The van der Waals surface area contributed by atoms with Gasteiger partial charge in [0.15, 0.2) is 5.78 Å². The van der Waals surface area contributed by atoms with Gasteiger partial charge in [-0.15, -0.1) is 0 Å². The highest BCUT2D eigenvalue weighted by molar-refractivity contribution is 6.14. The Hall–Kier alpha value is -2.31. The molecule has 0 saturated heterocycles. The van der Waals surface area contributed by atoms with E-state index in [1.165, 1.54) is 6.92 Å². The van der Waals surface area contributed by atoms with E-state index in [4.69, 9.17) is 0 Å². The summed E-state index contributed by atoms with van der Waals surface area (Å²) in [4.78, 5) is 59.2. The van der Waals surface area contributed by atoms with Crippen LogP contribution in [0.25, 0.3) is 0 Å². The van der Waals surface area contributed by atoms with E-state index in [0.29, 0.717) is 0 Å². The number of carbonyl (C=O) groups is 5. The van der Waals surface area contributed by atoms with Crippen molar-refractivity contribution in [3.8, 4) is 0 Å². The normalized spacial score (nSPS) is 16.7. The first-order valence-corrected chi connectivity index (χ1v) is 7.49. The molecule has 0 saturated carbocycles. The predicted octanol–water partition coefficient (Wildman–Crippen LogP) is 0.237. The van der Waals surface area contributed by atoms with Gasteiger partial charge < -0.3 is 5.32 Å². The number of nitrogens with one attached hydrogen (secondary N) is 1. The lowest BCUT2D eigenvalue weighted by Crippen LogP contribution is -2.49. The highest BCUT2D eigenvalue weighted by Gasteiger charge is 2.30. The van der Waals surface area contributed by atoms with Gasteiger partial charge in [-0.25, -0.2) is 0 Å². The standard InChI is InChI=1S/C16H22N2O5/c1-9(2)16(12(20)7-10(3)11(4)19)17-13(21)8-18-14(22)5-6-15(18)23/h5-6,9-10,16H,7-8H2,1-4H3,(H,17,21)/t10-,16+/m1/s1. The van der Waals surface area contributed by atoms with Crippen molar-refractivity contribution in [3.63, 3.8) is 0 Å². The Morgan fingerprint density at radius 1 is 1.09 bits per heavy atom. The van der Waals surface area contributed by atoms with Gasteiger partial charge in [0.25, 0.3) is 11.8 Å². The molecular weight excluding hydrogens is 300 g/mol. The largest absolute Gasteiger partial charge is 0.344 e. The molecule has 0 aromatic carbocycles. The smallest absolute Gasteiger partial charge is 0.254 e. The second-order valence-electron chi connectivity index (χ2n) is 6.07. The summed E-state index contributed by atoms with van der Waals surface area (Å²) in [6.45, 7) is 6.19. The molecule has 23 heavy (non-hydrogen) atoms. The molecule has 0 aromatic rings. The molecule has 1 N–H and O–H groups in total. The van der Waals surface area contributed by atoms with Crippen LogP contribution in [0.3, 0.4) is 0 Å². The number of nitrogens with zero attached hydrogens (tertiary/aromatic N) is 1. The maximum Gasteiger partial charge on any atom is 0.254 e. The van der Waals surface area contributed by atoms with E-state index in [0.717, 1.165) is 17.1 Å². The second kappa shape index (κ2) is 7.80. The van der Waals surface area contributed by atoms with Crippen LogP contribution >= 0.6 is 0 Å². The molecule has 0 radical (unpaired) electrons. The number of Topliss-reactive ketones (excluding diaryl/α,β-unsaturated/α-hetero) is 2. The second-order valence-corrected chi connectivity index (χ2v) is 6.07. The predicted molar refractivity (Wildman–Crippen MR) is 82.1 cm³/mol. The first-order valence-electron chi connectivity index (χ1n) is 7.49. The Balaban J connectivity index is 2.67. The van der Waals surface area contributed by atoms with Crippen LogP contribution in [0.4, 0.5) is 0 Å². The molecule has 1 aliphatic rings. The number of carbonyl (C=O) groups excluding carboxylic acids is 5. The number of imide groups is 1. The molecule has 7 heteroatoms. The summed E-state index contributed by atoms with van der Waals surface area (Å²) in [5.74, 6) is -2.61. The van der Waals surface area contributed by atoms with Crippen LogP contribution in [0.2, 0.25) is 0 Å². The molecular formula is C16H22N2O5. The maximum absolute atomic E-state index is 12.3. The first-order chi connectivity index (χ1) is 10.6. The summed E-state index contributed by atoms with van der Waals surface area (Å²) in [5, 5.41) is 2.55. The van der Waals surface area contributed by atoms with Crippen LogP contribution < -0.4 is 5.32 Å². The SMILES string of the molecule is CC(=O)[C@H](C)CC(=O)[C@@H](NC(=O)CN1C(=O)C=CC1=O)C(C)C. The molecule has 1 rings (SSSR count). The van der Waals surface area contributed by atoms with Crippen molar-refractivity contribution in [2.75, 3.05) is 6.54 Å². The van der Waals surface area contributed by atoms with E-state index in [9.17, 15) is 24.0 Å². The number of hydrogen-bond acceptors (Lipinski definition) is 5. The number of rotatable bonds is 8. The molecule has 0 bridgehead atoms. The highest BCUT2D eigenvalue weighted by Crippen LogP contribution is 2.12. The number of amides is 3. The van der Waals surface area contributed by atoms with Gasteiger partial charge in [-0.05, 0) is 12.8 Å². The molecule has 0 fully saturated rings. The molecule has 0 aromatic heterocycles. The third kappa shape index (κ3) is 5.12. The molecule has 1 aliphatic heterocycles. The van der Waals surface area contributed by atoms with Crippen molar-refractivity contribution in [2.24, 2.45) is 11.8 Å². The molecule has 7 nitrogen and oxygen atoms in total. The zero-order valence-corrected chi connectivity index (χ0v) is 13.8. The topological polar surface area (TPSA) is 101 Å². The van der Waals surface area contributed by atoms with E-state index in [1.54, 1.807) is 20.8 Å². The quantitative estimate of drug-likeness (QED) is 0.645. The van der Waals surface area contributed by atoms with E-state index >= 15 is 0 Å². The Bertz CT molecular complexity index is 547. The summed E-state index contributed by atoms with van der Waals surface area (Å²) in [6, 6.07) is -0.759. The fourth-order valence-electron chi connectivity index (χ4n) is 2.14. The fraction of sp³-hybridized carbons (Fsp3) is 0.562. The van der Waals surface area contributed by atoms with Crippen molar-refractivity contribution in [1.29, 1.82) is 0 Å². The van der Waals surface area contributed by atoms with Crippen LogP contribution in [-0.4, -0.2) is 46.8 Å². The minimum absolute atomic E-state index is 0.0432. The summed E-state index contributed by atoms with van der Waals surface area (Å²) in [5.41, 5.74) is 0. The molecule has 2 atom stereocenters. The van der Waals surface area contributed by atoms with E-state index in [1.807, 2.05) is 0 Å². The van der Waals surface area contributed by atoms with E-state index in [-0.39, 0.29) is 23.9 Å². The Morgan fingerprint density at radius 3 is 2.04 bits per heavy atom.